The zero-order valence-electron chi connectivity index (χ0n) is 21.7. The van der Waals surface area contributed by atoms with Gasteiger partial charge in [-0.05, 0) is 65.1 Å². The number of tetrazole rings is 1. The Labute approximate surface area is 215 Å². The summed E-state index contributed by atoms with van der Waals surface area (Å²) in [6.45, 7) is 9.88. The number of aromatic amines is 1. The molecule has 37 heavy (non-hydrogen) atoms. The van der Waals surface area contributed by atoms with Crippen molar-refractivity contribution in [2.24, 2.45) is 5.92 Å². The first-order chi connectivity index (χ1) is 17.9. The Morgan fingerprint density at radius 1 is 1.00 bits per heavy atom. The third-order valence-corrected chi connectivity index (χ3v) is 6.86. The van der Waals surface area contributed by atoms with Gasteiger partial charge in [0.05, 0.1) is 30.9 Å². The van der Waals surface area contributed by atoms with Crippen LogP contribution in [0.5, 0.6) is 0 Å². The Morgan fingerprint density at radius 3 is 2.51 bits per heavy atom. The largest absolute Gasteiger partial charge is 0.468 e. The molecule has 0 bridgehead atoms. The standard InChI is InChI=1S/C29H32N6O2/c1-19(2)27(28-31-32-33-35(28)16-22-9-6-5-7-10-22)34(18-24-11-8-14-37-24)17-23-15-25-20(3)12-13-21(4)26(25)30-29(23)36/h5-15,19,27H,16-18H2,1-4H3,(H,30,36)/t27-/m0/s1. The second kappa shape index (κ2) is 10.5. The monoisotopic (exact) mass is 496 g/mol. The van der Waals surface area contributed by atoms with Gasteiger partial charge in [0.15, 0.2) is 5.82 Å². The minimum Gasteiger partial charge on any atom is -0.468 e. The van der Waals surface area contributed by atoms with Crippen molar-refractivity contribution in [2.75, 3.05) is 0 Å². The van der Waals surface area contributed by atoms with Crippen molar-refractivity contribution in [3.63, 3.8) is 0 Å². The summed E-state index contributed by atoms with van der Waals surface area (Å²) < 4.78 is 7.58. The molecule has 3 heterocycles. The minimum absolute atomic E-state index is 0.0861. The average Bonchev–Trinajstić information content (AvgIpc) is 3.55. The zero-order valence-corrected chi connectivity index (χ0v) is 21.7. The van der Waals surface area contributed by atoms with Crippen molar-refractivity contribution >= 4 is 10.9 Å². The van der Waals surface area contributed by atoms with Gasteiger partial charge in [-0.3, -0.25) is 9.69 Å². The molecule has 5 aromatic rings. The maximum absolute atomic E-state index is 13.3. The SMILES string of the molecule is Cc1ccc(C)c2[nH]c(=O)c(CN(Cc3ccco3)[C@H](c3nnnn3Cc3ccccc3)C(C)C)cc12. The van der Waals surface area contributed by atoms with Gasteiger partial charge in [0.2, 0.25) is 0 Å². The minimum atomic E-state index is -0.155. The first-order valence-electron chi connectivity index (χ1n) is 12.6. The average molecular weight is 497 g/mol. The third kappa shape index (κ3) is 5.24. The van der Waals surface area contributed by atoms with Crippen LogP contribution in [0.2, 0.25) is 0 Å². The fourth-order valence-corrected chi connectivity index (χ4v) is 4.99. The van der Waals surface area contributed by atoms with E-state index >= 15 is 0 Å². The van der Waals surface area contributed by atoms with E-state index in [2.05, 4.69) is 64.4 Å². The van der Waals surface area contributed by atoms with Crippen LogP contribution in [0.4, 0.5) is 0 Å². The Morgan fingerprint density at radius 2 is 1.78 bits per heavy atom. The van der Waals surface area contributed by atoms with Crippen molar-refractivity contribution in [3.05, 3.63) is 111 Å². The Hall–Kier alpha value is -4.04. The van der Waals surface area contributed by atoms with Gasteiger partial charge in [-0.1, -0.05) is 56.3 Å². The molecule has 0 aliphatic rings. The number of rotatable bonds is 9. The summed E-state index contributed by atoms with van der Waals surface area (Å²) in [6.07, 6.45) is 1.67. The van der Waals surface area contributed by atoms with E-state index in [4.69, 9.17) is 4.42 Å². The first-order valence-corrected chi connectivity index (χ1v) is 12.6. The normalized spacial score (nSPS) is 12.6. The molecule has 0 saturated carbocycles. The number of benzene rings is 2. The van der Waals surface area contributed by atoms with E-state index in [1.54, 1.807) is 6.26 Å². The van der Waals surface area contributed by atoms with Gasteiger partial charge in [-0.2, -0.15) is 0 Å². The zero-order chi connectivity index (χ0) is 25.9. The second-order valence-corrected chi connectivity index (χ2v) is 9.97. The van der Waals surface area contributed by atoms with Crippen molar-refractivity contribution in [2.45, 2.75) is 53.4 Å². The number of hydrogen-bond donors (Lipinski definition) is 1. The molecule has 0 radical (unpaired) electrons. The summed E-state index contributed by atoms with van der Waals surface area (Å²) in [4.78, 5) is 18.6. The lowest BCUT2D eigenvalue weighted by molar-refractivity contribution is 0.116. The van der Waals surface area contributed by atoms with Gasteiger partial charge in [0.25, 0.3) is 5.56 Å². The highest BCUT2D eigenvalue weighted by molar-refractivity contribution is 5.85. The molecule has 0 aliphatic heterocycles. The fraction of sp³-hybridized carbons (Fsp3) is 0.310. The quantitative estimate of drug-likeness (QED) is 0.303. The van der Waals surface area contributed by atoms with Crippen LogP contribution in [0.3, 0.4) is 0 Å². The lowest BCUT2D eigenvalue weighted by Gasteiger charge is -2.33. The highest BCUT2D eigenvalue weighted by atomic mass is 16.3. The molecule has 0 saturated heterocycles. The predicted octanol–water partition coefficient (Wildman–Crippen LogP) is 5.17. The summed E-state index contributed by atoms with van der Waals surface area (Å²) in [5.41, 5.74) is 4.80. The molecule has 0 unspecified atom stereocenters. The molecule has 0 spiro atoms. The topological polar surface area (TPSA) is 92.8 Å². The summed E-state index contributed by atoms with van der Waals surface area (Å²) in [5.74, 6) is 1.74. The van der Waals surface area contributed by atoms with E-state index < -0.39 is 0 Å². The molecule has 0 amide bonds. The van der Waals surface area contributed by atoms with Crippen LogP contribution in [0.25, 0.3) is 10.9 Å². The Bertz CT molecular complexity index is 1540. The molecule has 1 atom stereocenters. The van der Waals surface area contributed by atoms with Gasteiger partial charge in [0, 0.05) is 17.5 Å². The molecule has 3 aromatic heterocycles. The fourth-order valence-electron chi connectivity index (χ4n) is 4.99. The molecular formula is C29H32N6O2. The van der Waals surface area contributed by atoms with Crippen molar-refractivity contribution in [1.82, 2.24) is 30.1 Å². The Kier molecular flexibility index (Phi) is 7.01. The second-order valence-electron chi connectivity index (χ2n) is 9.97. The number of nitrogens with zero attached hydrogens (tertiary/aromatic N) is 5. The number of fused-ring (bicyclic) bond motifs is 1. The number of H-pyrrole nitrogens is 1. The smallest absolute Gasteiger partial charge is 0.252 e. The third-order valence-electron chi connectivity index (χ3n) is 6.86. The van der Waals surface area contributed by atoms with Crippen LogP contribution in [0, 0.1) is 19.8 Å². The highest BCUT2D eigenvalue weighted by Crippen LogP contribution is 2.31. The summed E-state index contributed by atoms with van der Waals surface area (Å²) >= 11 is 0. The number of aromatic nitrogens is 5. The van der Waals surface area contributed by atoms with E-state index in [9.17, 15) is 4.79 Å². The lowest BCUT2D eigenvalue weighted by Crippen LogP contribution is -2.35. The summed E-state index contributed by atoms with van der Waals surface area (Å²) in [7, 11) is 0. The summed E-state index contributed by atoms with van der Waals surface area (Å²) in [6, 6.07) is 20.0. The van der Waals surface area contributed by atoms with Gasteiger partial charge in [0.1, 0.15) is 5.76 Å². The van der Waals surface area contributed by atoms with Crippen LogP contribution < -0.4 is 5.56 Å². The number of furan rings is 1. The van der Waals surface area contributed by atoms with Crippen LogP contribution in [0.15, 0.2) is 76.1 Å². The molecule has 5 rings (SSSR count). The van der Waals surface area contributed by atoms with Crippen LogP contribution in [-0.2, 0) is 19.6 Å². The number of aryl methyl sites for hydroxylation is 2. The van der Waals surface area contributed by atoms with Gasteiger partial charge in [-0.25, -0.2) is 4.68 Å². The van der Waals surface area contributed by atoms with Crippen LogP contribution in [0.1, 0.15) is 53.7 Å². The molecular weight excluding hydrogens is 464 g/mol. The van der Waals surface area contributed by atoms with Gasteiger partial charge >= 0.3 is 0 Å². The summed E-state index contributed by atoms with van der Waals surface area (Å²) in [5, 5.41) is 13.9. The number of pyridine rings is 1. The molecule has 190 valence electrons. The molecule has 2 aromatic carbocycles. The maximum atomic E-state index is 13.3. The van der Waals surface area contributed by atoms with Crippen LogP contribution >= 0.6 is 0 Å². The Balaban J connectivity index is 1.56. The number of nitrogens with one attached hydrogen (secondary N) is 1. The van der Waals surface area contributed by atoms with E-state index in [-0.39, 0.29) is 17.5 Å². The van der Waals surface area contributed by atoms with Crippen molar-refractivity contribution < 1.29 is 4.42 Å². The van der Waals surface area contributed by atoms with Gasteiger partial charge in [-0.15, -0.1) is 5.10 Å². The first kappa shape index (κ1) is 24.6. The highest BCUT2D eigenvalue weighted by Gasteiger charge is 2.30. The number of hydrogen-bond acceptors (Lipinski definition) is 6. The maximum Gasteiger partial charge on any atom is 0.252 e. The molecule has 0 fully saturated rings. The van der Waals surface area contributed by atoms with E-state index in [1.165, 1.54) is 0 Å². The van der Waals surface area contributed by atoms with Gasteiger partial charge < -0.3 is 9.40 Å². The van der Waals surface area contributed by atoms with Crippen molar-refractivity contribution in [1.29, 1.82) is 0 Å². The van der Waals surface area contributed by atoms with E-state index in [0.29, 0.717) is 25.2 Å². The van der Waals surface area contributed by atoms with Crippen LogP contribution in [-0.4, -0.2) is 30.1 Å². The van der Waals surface area contributed by atoms with Crippen molar-refractivity contribution in [3.8, 4) is 0 Å². The van der Waals surface area contributed by atoms with E-state index in [0.717, 1.165) is 39.2 Å². The predicted molar refractivity (Wildman–Crippen MR) is 143 cm³/mol. The lowest BCUT2D eigenvalue weighted by atomic mass is 9.99. The molecule has 8 heteroatoms. The molecule has 0 aliphatic carbocycles. The molecule has 8 nitrogen and oxygen atoms in total. The molecule has 1 N–H and O–H groups in total. The van der Waals surface area contributed by atoms with E-state index in [1.807, 2.05) is 54.1 Å².